The van der Waals surface area contributed by atoms with E-state index in [0.717, 1.165) is 18.0 Å². The fraction of sp³-hybridized carbons (Fsp3) is 0.667. The molecule has 0 unspecified atom stereocenters. The molecule has 0 heterocycles. The zero-order valence-corrected chi connectivity index (χ0v) is 16.2. The molecule has 126 valence electrons. The molecule has 0 aromatic heterocycles. The molecule has 0 spiro atoms. The SMILES string of the molecule is CCCc1ccc([Si](OC(C)C)(OC(C)C)OC(C)C)cc1. The van der Waals surface area contributed by atoms with Crippen LogP contribution in [0.4, 0.5) is 0 Å². The van der Waals surface area contributed by atoms with Crippen LogP contribution in [0.2, 0.25) is 0 Å². The molecule has 0 saturated carbocycles. The van der Waals surface area contributed by atoms with E-state index in [1.54, 1.807) is 0 Å². The van der Waals surface area contributed by atoms with Gasteiger partial charge in [0.25, 0.3) is 0 Å². The summed E-state index contributed by atoms with van der Waals surface area (Å²) in [6.45, 7) is 14.4. The number of rotatable bonds is 9. The summed E-state index contributed by atoms with van der Waals surface area (Å²) in [6, 6.07) is 8.56. The highest BCUT2D eigenvalue weighted by atomic mass is 28.4. The van der Waals surface area contributed by atoms with Gasteiger partial charge >= 0.3 is 8.80 Å². The zero-order chi connectivity index (χ0) is 16.8. The summed E-state index contributed by atoms with van der Waals surface area (Å²) in [5, 5.41) is 1.04. The molecular weight excluding hydrogens is 292 g/mol. The molecule has 1 rings (SSSR count). The summed E-state index contributed by atoms with van der Waals surface area (Å²) in [7, 11) is -2.91. The quantitative estimate of drug-likeness (QED) is 0.641. The molecule has 0 N–H and O–H groups in total. The molecule has 0 aliphatic heterocycles. The van der Waals surface area contributed by atoms with Crippen LogP contribution < -0.4 is 5.19 Å². The highest BCUT2D eigenvalue weighted by Gasteiger charge is 2.46. The van der Waals surface area contributed by atoms with Gasteiger partial charge in [-0.15, -0.1) is 0 Å². The molecule has 3 nitrogen and oxygen atoms in total. The van der Waals surface area contributed by atoms with E-state index in [2.05, 4.69) is 31.2 Å². The fourth-order valence-corrected chi connectivity index (χ4v) is 5.39. The van der Waals surface area contributed by atoms with E-state index in [4.69, 9.17) is 13.3 Å². The van der Waals surface area contributed by atoms with Crippen molar-refractivity contribution in [2.45, 2.75) is 79.6 Å². The van der Waals surface area contributed by atoms with Crippen LogP contribution in [-0.2, 0) is 19.7 Å². The van der Waals surface area contributed by atoms with E-state index >= 15 is 0 Å². The Morgan fingerprint density at radius 2 is 1.18 bits per heavy atom. The van der Waals surface area contributed by atoms with Crippen molar-refractivity contribution in [2.24, 2.45) is 0 Å². The first-order valence-electron chi connectivity index (χ1n) is 8.42. The number of benzene rings is 1. The lowest BCUT2D eigenvalue weighted by Gasteiger charge is -2.34. The van der Waals surface area contributed by atoms with Gasteiger partial charge in [0.15, 0.2) is 0 Å². The molecule has 0 fully saturated rings. The smallest absolute Gasteiger partial charge is 0.367 e. The van der Waals surface area contributed by atoms with E-state index < -0.39 is 8.80 Å². The largest absolute Gasteiger partial charge is 0.537 e. The van der Waals surface area contributed by atoms with Gasteiger partial charge in [0.05, 0.1) is 0 Å². The average Bonchev–Trinajstić information content (AvgIpc) is 2.37. The molecule has 0 radical (unpaired) electrons. The molecule has 1 aromatic carbocycles. The summed E-state index contributed by atoms with van der Waals surface area (Å²) in [6.07, 6.45) is 2.41. The number of aryl methyl sites for hydroxylation is 1. The Kier molecular flexibility index (Phi) is 7.76. The minimum atomic E-state index is -2.91. The highest BCUT2D eigenvalue weighted by molar-refractivity contribution is 6.75. The lowest BCUT2D eigenvalue weighted by molar-refractivity contribution is 0.0153. The Balaban J connectivity index is 3.19. The fourth-order valence-electron chi connectivity index (χ4n) is 2.38. The summed E-state index contributed by atoms with van der Waals surface area (Å²) >= 11 is 0. The van der Waals surface area contributed by atoms with Crippen LogP contribution in [0.15, 0.2) is 24.3 Å². The van der Waals surface area contributed by atoms with Gasteiger partial charge in [-0.05, 0) is 53.5 Å². The van der Waals surface area contributed by atoms with E-state index in [9.17, 15) is 0 Å². The summed E-state index contributed by atoms with van der Waals surface area (Å²) < 4.78 is 18.7. The third kappa shape index (κ3) is 5.84. The Morgan fingerprint density at radius 3 is 1.50 bits per heavy atom. The monoisotopic (exact) mass is 324 g/mol. The average molecular weight is 325 g/mol. The van der Waals surface area contributed by atoms with Gasteiger partial charge in [0.2, 0.25) is 0 Å². The molecular formula is C18H32O3Si. The van der Waals surface area contributed by atoms with Crippen LogP contribution >= 0.6 is 0 Å². The predicted octanol–water partition coefficient (Wildman–Crippen LogP) is 4.06. The van der Waals surface area contributed by atoms with Crippen molar-refractivity contribution in [2.75, 3.05) is 0 Å². The minimum absolute atomic E-state index is 0.0551. The van der Waals surface area contributed by atoms with Crippen molar-refractivity contribution in [1.29, 1.82) is 0 Å². The second-order valence-corrected chi connectivity index (χ2v) is 8.90. The molecule has 0 amide bonds. The Hall–Kier alpha value is -0.683. The van der Waals surface area contributed by atoms with Crippen LogP contribution in [0, 0.1) is 0 Å². The van der Waals surface area contributed by atoms with E-state index in [1.165, 1.54) is 5.56 Å². The van der Waals surface area contributed by atoms with Crippen molar-refractivity contribution < 1.29 is 13.3 Å². The standard InChI is InChI=1S/C18H32O3Si/c1-8-9-17-10-12-18(13-11-17)22(19-14(2)3,20-15(4)5)21-16(6)7/h10-16H,8-9H2,1-7H3. The van der Waals surface area contributed by atoms with Crippen molar-refractivity contribution in [1.82, 2.24) is 0 Å². The molecule has 0 saturated heterocycles. The Morgan fingerprint density at radius 1 is 0.773 bits per heavy atom. The van der Waals surface area contributed by atoms with Gasteiger partial charge in [-0.1, -0.05) is 37.6 Å². The minimum Gasteiger partial charge on any atom is -0.367 e. The lowest BCUT2D eigenvalue weighted by atomic mass is 10.1. The summed E-state index contributed by atoms with van der Waals surface area (Å²) in [4.78, 5) is 0. The molecule has 0 aliphatic carbocycles. The topological polar surface area (TPSA) is 27.7 Å². The van der Waals surface area contributed by atoms with E-state index in [-0.39, 0.29) is 18.3 Å². The van der Waals surface area contributed by atoms with Gasteiger partial charge in [0, 0.05) is 23.5 Å². The first-order chi connectivity index (χ1) is 10.3. The van der Waals surface area contributed by atoms with Crippen molar-refractivity contribution in [3.05, 3.63) is 29.8 Å². The maximum absolute atomic E-state index is 6.24. The molecule has 0 aliphatic rings. The zero-order valence-electron chi connectivity index (χ0n) is 15.2. The molecule has 1 aromatic rings. The van der Waals surface area contributed by atoms with Crippen molar-refractivity contribution in [3.8, 4) is 0 Å². The van der Waals surface area contributed by atoms with Crippen LogP contribution in [-0.4, -0.2) is 27.1 Å². The maximum atomic E-state index is 6.24. The van der Waals surface area contributed by atoms with Crippen LogP contribution in [0.1, 0.15) is 60.5 Å². The molecule has 4 heteroatoms. The van der Waals surface area contributed by atoms with Crippen LogP contribution in [0.3, 0.4) is 0 Å². The Bertz CT molecular complexity index is 400. The lowest BCUT2D eigenvalue weighted by Crippen LogP contribution is -2.60. The summed E-state index contributed by atoms with van der Waals surface area (Å²) in [5.41, 5.74) is 1.34. The maximum Gasteiger partial charge on any atom is 0.537 e. The van der Waals surface area contributed by atoms with Gasteiger partial charge in [-0.25, -0.2) is 0 Å². The second-order valence-electron chi connectivity index (χ2n) is 6.50. The second kappa shape index (κ2) is 8.82. The highest BCUT2D eigenvalue weighted by Crippen LogP contribution is 2.18. The first kappa shape index (κ1) is 19.4. The summed E-state index contributed by atoms with van der Waals surface area (Å²) in [5.74, 6) is 0. The molecule has 0 bridgehead atoms. The molecule has 22 heavy (non-hydrogen) atoms. The third-order valence-corrected chi connectivity index (χ3v) is 6.40. The van der Waals surface area contributed by atoms with Crippen LogP contribution in [0.5, 0.6) is 0 Å². The predicted molar refractivity (Wildman–Crippen MR) is 94.5 cm³/mol. The third-order valence-electron chi connectivity index (χ3n) is 3.02. The van der Waals surface area contributed by atoms with E-state index in [0.29, 0.717) is 0 Å². The van der Waals surface area contributed by atoms with Gasteiger partial charge in [-0.3, -0.25) is 0 Å². The van der Waals surface area contributed by atoms with Gasteiger partial charge in [-0.2, -0.15) is 0 Å². The molecule has 0 atom stereocenters. The van der Waals surface area contributed by atoms with Gasteiger partial charge < -0.3 is 13.3 Å². The van der Waals surface area contributed by atoms with E-state index in [1.807, 2.05) is 41.5 Å². The first-order valence-corrected chi connectivity index (χ1v) is 10.1. The van der Waals surface area contributed by atoms with Crippen molar-refractivity contribution >= 4 is 14.0 Å². The Labute approximate surface area is 137 Å². The van der Waals surface area contributed by atoms with Crippen LogP contribution in [0.25, 0.3) is 0 Å². The number of hydrogen-bond donors (Lipinski definition) is 0. The normalized spacial score (nSPS) is 12.6. The van der Waals surface area contributed by atoms with Gasteiger partial charge in [0.1, 0.15) is 0 Å². The number of hydrogen-bond acceptors (Lipinski definition) is 3. The van der Waals surface area contributed by atoms with Crippen molar-refractivity contribution in [3.63, 3.8) is 0 Å².